The van der Waals surface area contributed by atoms with Crippen LogP contribution in [0.25, 0.3) is 0 Å². The highest BCUT2D eigenvalue weighted by Crippen LogP contribution is 2.32. The van der Waals surface area contributed by atoms with Crippen LogP contribution >= 0.6 is 11.6 Å². The van der Waals surface area contributed by atoms with E-state index in [0.717, 1.165) is 32.2 Å². The van der Waals surface area contributed by atoms with Crippen molar-refractivity contribution < 1.29 is 4.79 Å². The second kappa shape index (κ2) is 12.6. The topological polar surface area (TPSA) is 84.7 Å². The van der Waals surface area contributed by atoms with Gasteiger partial charge in [-0.15, -0.1) is 0 Å². The third kappa shape index (κ3) is 7.11. The summed E-state index contributed by atoms with van der Waals surface area (Å²) in [5.41, 5.74) is 14.1. The zero-order valence-corrected chi connectivity index (χ0v) is 21.4. The average molecular weight is 503 g/mol. The van der Waals surface area contributed by atoms with Crippen molar-refractivity contribution in [3.63, 3.8) is 0 Å². The standard InChI is InChI=1S/C30H35ClN4O/c31-27-13-7-12-26(18-27)29(36)35(20-23-16-14-22(15-17-23)19-34-30(32)33)21-28(24-8-3-1-4-9-24)25-10-5-2-6-11-25/h1-13,18,22-23,28H,14-17,19-21H2,(H4,32,33,34). The minimum absolute atomic E-state index is 0.0250. The summed E-state index contributed by atoms with van der Waals surface area (Å²) in [5.74, 6) is 1.20. The molecule has 0 radical (unpaired) electrons. The van der Waals surface area contributed by atoms with Crippen molar-refractivity contribution in [1.82, 2.24) is 4.90 Å². The lowest BCUT2D eigenvalue weighted by molar-refractivity contribution is 0.0700. The molecule has 4 N–H and O–H groups in total. The van der Waals surface area contributed by atoms with Crippen LogP contribution in [0.3, 0.4) is 0 Å². The minimum atomic E-state index is 0.0250. The molecule has 0 saturated heterocycles. The number of hydrogen-bond acceptors (Lipinski definition) is 2. The molecular formula is C30H35ClN4O. The molecule has 1 fully saturated rings. The van der Waals surface area contributed by atoms with E-state index in [4.69, 9.17) is 23.1 Å². The number of amides is 1. The Bertz CT molecular complexity index is 1100. The first kappa shape index (κ1) is 25.8. The number of rotatable bonds is 9. The van der Waals surface area contributed by atoms with Crippen LogP contribution in [0.15, 0.2) is 89.9 Å². The third-order valence-electron chi connectivity index (χ3n) is 7.14. The van der Waals surface area contributed by atoms with Gasteiger partial charge in [-0.3, -0.25) is 9.79 Å². The largest absolute Gasteiger partial charge is 0.370 e. The van der Waals surface area contributed by atoms with Crippen LogP contribution in [0.5, 0.6) is 0 Å². The number of hydrogen-bond donors (Lipinski definition) is 2. The van der Waals surface area contributed by atoms with Crippen LogP contribution in [0.2, 0.25) is 5.02 Å². The van der Waals surface area contributed by atoms with Crippen LogP contribution in [0.1, 0.15) is 53.1 Å². The third-order valence-corrected chi connectivity index (χ3v) is 7.38. The molecule has 1 saturated carbocycles. The summed E-state index contributed by atoms with van der Waals surface area (Å²) in [5, 5.41) is 0.573. The van der Waals surface area contributed by atoms with E-state index >= 15 is 0 Å². The number of nitrogens with zero attached hydrogens (tertiary/aromatic N) is 2. The van der Waals surface area contributed by atoms with Crippen LogP contribution in [0.4, 0.5) is 0 Å². The summed E-state index contributed by atoms with van der Waals surface area (Å²) >= 11 is 6.25. The molecule has 0 spiro atoms. The fraction of sp³-hybridized carbons (Fsp3) is 0.333. The Morgan fingerprint density at radius 1 is 0.861 bits per heavy atom. The summed E-state index contributed by atoms with van der Waals surface area (Å²) in [7, 11) is 0. The molecule has 1 amide bonds. The van der Waals surface area contributed by atoms with Gasteiger partial charge in [0.15, 0.2) is 5.96 Å². The molecular weight excluding hydrogens is 468 g/mol. The first-order chi connectivity index (χ1) is 17.5. The second-order valence-corrected chi connectivity index (χ2v) is 10.2. The van der Waals surface area contributed by atoms with E-state index in [9.17, 15) is 4.79 Å². The molecule has 0 bridgehead atoms. The lowest BCUT2D eigenvalue weighted by atomic mass is 9.81. The maximum atomic E-state index is 13.8. The molecule has 4 rings (SSSR count). The van der Waals surface area contributed by atoms with Crippen molar-refractivity contribution in [3.05, 3.63) is 107 Å². The lowest BCUT2D eigenvalue weighted by Gasteiger charge is -2.34. The normalized spacial score (nSPS) is 17.5. The fourth-order valence-corrected chi connectivity index (χ4v) is 5.37. The Kier molecular flexibility index (Phi) is 9.01. The van der Waals surface area contributed by atoms with E-state index in [1.807, 2.05) is 29.2 Å². The molecule has 3 aromatic carbocycles. The molecule has 0 atom stereocenters. The fourth-order valence-electron chi connectivity index (χ4n) is 5.18. The minimum Gasteiger partial charge on any atom is -0.370 e. The Morgan fingerprint density at radius 3 is 2.00 bits per heavy atom. The smallest absolute Gasteiger partial charge is 0.253 e. The number of carbonyl (C=O) groups is 1. The van der Waals surface area contributed by atoms with E-state index in [1.165, 1.54) is 11.1 Å². The second-order valence-electron chi connectivity index (χ2n) is 9.75. The number of carbonyl (C=O) groups excluding carboxylic acids is 1. The van der Waals surface area contributed by atoms with Gasteiger partial charge in [0, 0.05) is 36.1 Å². The molecule has 1 aliphatic carbocycles. The molecule has 0 aliphatic heterocycles. The Balaban J connectivity index is 1.57. The summed E-state index contributed by atoms with van der Waals surface area (Å²) in [6.07, 6.45) is 4.26. The summed E-state index contributed by atoms with van der Waals surface area (Å²) in [6.45, 7) is 2.01. The van der Waals surface area contributed by atoms with Crippen molar-refractivity contribution >= 4 is 23.5 Å². The van der Waals surface area contributed by atoms with E-state index in [-0.39, 0.29) is 17.8 Å². The zero-order valence-electron chi connectivity index (χ0n) is 20.6. The number of guanidine groups is 1. The number of halogens is 1. The molecule has 3 aromatic rings. The number of benzene rings is 3. The molecule has 188 valence electrons. The SMILES string of the molecule is NC(N)=NCC1CCC(CN(CC(c2ccccc2)c2ccccc2)C(=O)c2cccc(Cl)c2)CC1. The highest BCUT2D eigenvalue weighted by atomic mass is 35.5. The van der Waals surface area contributed by atoms with E-state index in [0.29, 0.717) is 35.5 Å². The lowest BCUT2D eigenvalue weighted by Crippen LogP contribution is -2.39. The first-order valence-corrected chi connectivity index (χ1v) is 13.1. The van der Waals surface area contributed by atoms with Gasteiger partial charge in [-0.2, -0.15) is 0 Å². The number of nitrogens with two attached hydrogens (primary N) is 2. The Labute approximate surface area is 219 Å². The highest BCUT2D eigenvalue weighted by molar-refractivity contribution is 6.30. The van der Waals surface area contributed by atoms with Crippen molar-refractivity contribution in [1.29, 1.82) is 0 Å². The predicted octanol–water partition coefficient (Wildman–Crippen LogP) is 5.69. The molecule has 6 heteroatoms. The predicted molar refractivity (Wildman–Crippen MR) is 148 cm³/mol. The van der Waals surface area contributed by atoms with Crippen LogP contribution in [0, 0.1) is 11.8 Å². The average Bonchev–Trinajstić information content (AvgIpc) is 2.91. The van der Waals surface area contributed by atoms with Gasteiger partial charge in [0.25, 0.3) is 5.91 Å². The Hall–Kier alpha value is -3.31. The van der Waals surface area contributed by atoms with E-state index in [1.54, 1.807) is 12.1 Å². The van der Waals surface area contributed by atoms with Gasteiger partial charge < -0.3 is 16.4 Å². The van der Waals surface area contributed by atoms with Crippen LogP contribution < -0.4 is 11.5 Å². The molecule has 0 unspecified atom stereocenters. The van der Waals surface area contributed by atoms with Gasteiger partial charge in [0.2, 0.25) is 0 Å². The monoisotopic (exact) mass is 502 g/mol. The summed E-state index contributed by atoms with van der Waals surface area (Å²) < 4.78 is 0. The van der Waals surface area contributed by atoms with Crippen molar-refractivity contribution in [2.24, 2.45) is 28.3 Å². The van der Waals surface area contributed by atoms with Crippen molar-refractivity contribution in [2.45, 2.75) is 31.6 Å². The van der Waals surface area contributed by atoms with Gasteiger partial charge in [0.05, 0.1) is 0 Å². The van der Waals surface area contributed by atoms with Crippen molar-refractivity contribution in [2.75, 3.05) is 19.6 Å². The molecule has 36 heavy (non-hydrogen) atoms. The van der Waals surface area contributed by atoms with Gasteiger partial charge in [0.1, 0.15) is 0 Å². The first-order valence-electron chi connectivity index (χ1n) is 12.7. The van der Waals surface area contributed by atoms with E-state index < -0.39 is 0 Å². The molecule has 0 aromatic heterocycles. The van der Waals surface area contributed by atoms with Gasteiger partial charge in [-0.1, -0.05) is 78.3 Å². The number of aliphatic imine (C=N–C) groups is 1. The van der Waals surface area contributed by atoms with Gasteiger partial charge in [-0.05, 0) is 66.8 Å². The highest BCUT2D eigenvalue weighted by Gasteiger charge is 2.28. The zero-order chi connectivity index (χ0) is 25.3. The van der Waals surface area contributed by atoms with Gasteiger partial charge >= 0.3 is 0 Å². The summed E-state index contributed by atoms with van der Waals surface area (Å²) in [4.78, 5) is 20.1. The maximum Gasteiger partial charge on any atom is 0.253 e. The molecule has 1 aliphatic rings. The van der Waals surface area contributed by atoms with Gasteiger partial charge in [-0.25, -0.2) is 0 Å². The summed E-state index contributed by atoms with van der Waals surface area (Å²) in [6, 6.07) is 28.2. The molecule has 5 nitrogen and oxygen atoms in total. The van der Waals surface area contributed by atoms with Crippen molar-refractivity contribution in [3.8, 4) is 0 Å². The molecule has 0 heterocycles. The van der Waals surface area contributed by atoms with Crippen LogP contribution in [-0.4, -0.2) is 36.4 Å². The maximum absolute atomic E-state index is 13.8. The van der Waals surface area contributed by atoms with E-state index in [2.05, 4.69) is 53.5 Å². The Morgan fingerprint density at radius 2 is 1.44 bits per heavy atom. The quantitative estimate of drug-likeness (QED) is 0.291. The van der Waals surface area contributed by atoms with Crippen LogP contribution in [-0.2, 0) is 0 Å².